The lowest BCUT2D eigenvalue weighted by Crippen LogP contribution is -2.61. The zero-order valence-electron chi connectivity index (χ0n) is 15.4. The number of hydrogen-bond donors (Lipinski definition) is 0. The maximum Gasteiger partial charge on any atom is 0.269 e. The van der Waals surface area contributed by atoms with Crippen LogP contribution in [0, 0.1) is 15.9 Å². The average molecular weight is 388 g/mol. The van der Waals surface area contributed by atoms with E-state index >= 15 is 0 Å². The fourth-order valence-electron chi connectivity index (χ4n) is 3.27. The molecule has 1 aliphatic heterocycles. The van der Waals surface area contributed by atoms with Gasteiger partial charge in [-0.15, -0.1) is 0 Å². The number of rotatable bonds is 9. The minimum Gasteiger partial charge on any atom is -0.478 e. The molecule has 28 heavy (non-hydrogen) atoms. The molecule has 1 heterocycles. The first-order valence-electron chi connectivity index (χ1n) is 8.97. The van der Waals surface area contributed by atoms with E-state index in [2.05, 4.69) is 0 Å². The van der Waals surface area contributed by atoms with Gasteiger partial charge in [0.05, 0.1) is 4.92 Å². The number of benzene rings is 2. The summed E-state index contributed by atoms with van der Waals surface area (Å²) in [4.78, 5) is 24.9. The minimum absolute atomic E-state index is 0.0549. The van der Waals surface area contributed by atoms with E-state index in [1.807, 2.05) is 0 Å². The smallest absolute Gasteiger partial charge is 0.269 e. The molecule has 0 aromatic heterocycles. The Labute approximate surface area is 161 Å². The number of nitro benzene ring substituents is 1. The normalized spacial score (nSPS) is 18.6. The van der Waals surface area contributed by atoms with Crippen LogP contribution >= 0.6 is 0 Å². The number of nitro groups is 1. The lowest BCUT2D eigenvalue weighted by Gasteiger charge is -2.46. The fourth-order valence-corrected chi connectivity index (χ4v) is 3.27. The summed E-state index contributed by atoms with van der Waals surface area (Å²) >= 11 is 0. The Hall–Kier alpha value is -3.00. The molecule has 1 saturated heterocycles. The van der Waals surface area contributed by atoms with Crippen LogP contribution < -0.4 is 4.74 Å². The van der Waals surface area contributed by atoms with Crippen molar-refractivity contribution in [3.63, 3.8) is 0 Å². The van der Waals surface area contributed by atoms with Crippen LogP contribution in [0.1, 0.15) is 24.4 Å². The highest BCUT2D eigenvalue weighted by atomic mass is 19.1. The Morgan fingerprint density at radius 2 is 1.96 bits per heavy atom. The number of amides is 1. The lowest BCUT2D eigenvalue weighted by atomic mass is 9.89. The number of non-ortho nitro benzene ring substituents is 1. The molecule has 1 aliphatic rings. The zero-order chi connectivity index (χ0) is 20.1. The van der Waals surface area contributed by atoms with Gasteiger partial charge in [0.25, 0.3) is 11.6 Å². The molecule has 3 rings (SSSR count). The van der Waals surface area contributed by atoms with E-state index in [1.54, 1.807) is 30.2 Å². The van der Waals surface area contributed by atoms with E-state index in [-0.39, 0.29) is 17.3 Å². The molecule has 2 aromatic carbocycles. The van der Waals surface area contributed by atoms with Gasteiger partial charge in [-0.2, -0.15) is 0 Å². The summed E-state index contributed by atoms with van der Waals surface area (Å²) in [5.74, 6) is -0.446. The third kappa shape index (κ3) is 4.28. The molecule has 0 spiro atoms. The summed E-state index contributed by atoms with van der Waals surface area (Å²) in [5.41, 5.74) is 0.558. The molecule has 0 saturated carbocycles. The topological polar surface area (TPSA) is 81.9 Å². The summed E-state index contributed by atoms with van der Waals surface area (Å²) < 4.78 is 24.2. The summed E-state index contributed by atoms with van der Waals surface area (Å²) in [6.07, 6.45) is 0.668. The monoisotopic (exact) mass is 388 g/mol. The van der Waals surface area contributed by atoms with Crippen molar-refractivity contribution < 1.29 is 23.6 Å². The van der Waals surface area contributed by atoms with Gasteiger partial charge in [0, 0.05) is 38.5 Å². The molecule has 0 bridgehead atoms. The third-order valence-corrected chi connectivity index (χ3v) is 4.63. The molecule has 148 valence electrons. The molecule has 8 heteroatoms. The van der Waals surface area contributed by atoms with Crippen molar-refractivity contribution in [2.24, 2.45) is 0 Å². The predicted molar refractivity (Wildman–Crippen MR) is 99.5 cm³/mol. The number of β-lactam (4-membered cyclic amide) rings is 1. The number of methoxy groups -OCH3 is 1. The summed E-state index contributed by atoms with van der Waals surface area (Å²) in [5, 5.41) is 11.1. The van der Waals surface area contributed by atoms with Gasteiger partial charge in [-0.1, -0.05) is 18.2 Å². The molecule has 1 amide bonds. The van der Waals surface area contributed by atoms with Crippen LogP contribution in [0.2, 0.25) is 0 Å². The Bertz CT molecular complexity index is 860. The van der Waals surface area contributed by atoms with Crippen molar-refractivity contribution in [2.45, 2.75) is 25.0 Å². The Morgan fingerprint density at radius 1 is 1.18 bits per heavy atom. The number of carbonyl (C=O) groups excluding carboxylic acids is 1. The van der Waals surface area contributed by atoms with Gasteiger partial charge in [-0.3, -0.25) is 14.9 Å². The fraction of sp³-hybridized carbons (Fsp3) is 0.350. The number of unbranched alkanes of at least 4 members (excludes halogenated alkanes) is 1. The molecule has 1 fully saturated rings. The summed E-state index contributed by atoms with van der Waals surface area (Å²) in [6, 6.07) is 11.2. The van der Waals surface area contributed by atoms with Gasteiger partial charge in [-0.05, 0) is 30.5 Å². The van der Waals surface area contributed by atoms with Crippen molar-refractivity contribution in [1.29, 1.82) is 0 Å². The second-order valence-corrected chi connectivity index (χ2v) is 6.52. The van der Waals surface area contributed by atoms with Gasteiger partial charge in [0.15, 0.2) is 0 Å². The van der Waals surface area contributed by atoms with Crippen LogP contribution in [0.15, 0.2) is 48.5 Å². The van der Waals surface area contributed by atoms with Gasteiger partial charge in [0.1, 0.15) is 17.6 Å². The van der Waals surface area contributed by atoms with E-state index < -0.39 is 22.9 Å². The van der Waals surface area contributed by atoms with Crippen LogP contribution in [-0.4, -0.2) is 42.1 Å². The van der Waals surface area contributed by atoms with Crippen molar-refractivity contribution in [1.82, 2.24) is 4.90 Å². The third-order valence-electron chi connectivity index (χ3n) is 4.63. The van der Waals surface area contributed by atoms with E-state index in [9.17, 15) is 19.3 Å². The maximum absolute atomic E-state index is 13.5. The van der Waals surface area contributed by atoms with Gasteiger partial charge in [-0.25, -0.2) is 4.39 Å². The van der Waals surface area contributed by atoms with Crippen LogP contribution in [0.5, 0.6) is 5.75 Å². The first kappa shape index (κ1) is 19.8. The van der Waals surface area contributed by atoms with E-state index in [4.69, 9.17) is 9.47 Å². The van der Waals surface area contributed by atoms with E-state index in [0.717, 1.165) is 12.8 Å². The number of nitrogens with zero attached hydrogens (tertiary/aromatic N) is 2. The second kappa shape index (κ2) is 8.79. The minimum atomic E-state index is -0.855. The van der Waals surface area contributed by atoms with Gasteiger partial charge in [0.2, 0.25) is 6.10 Å². The number of carbonyl (C=O) groups is 1. The SMILES string of the molecule is COCCCCN1C(=O)[C@H](Oc2cccc(F)c2)[C@H]1c1cccc([N+](=O)[O-])c1. The highest BCUT2D eigenvalue weighted by Gasteiger charge is 2.50. The first-order chi connectivity index (χ1) is 13.5. The van der Waals surface area contributed by atoms with Gasteiger partial charge >= 0.3 is 0 Å². The highest BCUT2D eigenvalue weighted by Crippen LogP contribution is 2.39. The largest absolute Gasteiger partial charge is 0.478 e. The summed E-state index contributed by atoms with van der Waals surface area (Å²) in [7, 11) is 1.61. The highest BCUT2D eigenvalue weighted by molar-refractivity contribution is 5.89. The standard InChI is InChI=1S/C20H21FN2O5/c1-27-11-3-2-10-22-18(14-6-4-8-16(12-14)23(25)26)19(20(22)24)28-17-9-5-7-15(21)13-17/h4-9,12-13,18-19H,2-3,10-11H2,1H3/t18-,19-/m1/s1. The Kier molecular flexibility index (Phi) is 6.20. The number of hydrogen-bond acceptors (Lipinski definition) is 5. The molecular formula is C20H21FN2O5. The van der Waals surface area contributed by atoms with Crippen LogP contribution in [0.25, 0.3) is 0 Å². The predicted octanol–water partition coefficient (Wildman–Crippen LogP) is 3.49. The number of ether oxygens (including phenoxy) is 2. The Morgan fingerprint density at radius 3 is 2.68 bits per heavy atom. The Balaban J connectivity index is 1.82. The van der Waals surface area contributed by atoms with Crippen LogP contribution in [0.3, 0.4) is 0 Å². The molecule has 0 N–H and O–H groups in total. The average Bonchev–Trinajstić information content (AvgIpc) is 2.69. The maximum atomic E-state index is 13.5. The van der Waals surface area contributed by atoms with Crippen LogP contribution in [0.4, 0.5) is 10.1 Å². The molecule has 0 radical (unpaired) electrons. The number of halogens is 1. The lowest BCUT2D eigenvalue weighted by molar-refractivity contribution is -0.385. The number of likely N-dealkylation sites (tertiary alicyclic amines) is 1. The van der Waals surface area contributed by atoms with Crippen molar-refractivity contribution >= 4 is 11.6 Å². The molecule has 0 unspecified atom stereocenters. The van der Waals surface area contributed by atoms with E-state index in [1.165, 1.54) is 30.3 Å². The molecule has 2 aromatic rings. The first-order valence-corrected chi connectivity index (χ1v) is 8.97. The van der Waals surface area contributed by atoms with E-state index in [0.29, 0.717) is 18.7 Å². The van der Waals surface area contributed by atoms with Crippen LogP contribution in [-0.2, 0) is 9.53 Å². The quantitative estimate of drug-likeness (QED) is 0.284. The van der Waals surface area contributed by atoms with Gasteiger partial charge < -0.3 is 14.4 Å². The second-order valence-electron chi connectivity index (χ2n) is 6.52. The molecule has 2 atom stereocenters. The summed E-state index contributed by atoms with van der Waals surface area (Å²) in [6.45, 7) is 1.07. The zero-order valence-corrected chi connectivity index (χ0v) is 15.4. The van der Waals surface area contributed by atoms with Crippen molar-refractivity contribution in [2.75, 3.05) is 20.3 Å². The molecular weight excluding hydrogens is 367 g/mol. The van der Waals surface area contributed by atoms with Crippen molar-refractivity contribution in [3.05, 3.63) is 70.0 Å². The van der Waals surface area contributed by atoms with Crippen molar-refractivity contribution in [3.8, 4) is 5.75 Å². The molecule has 0 aliphatic carbocycles. The molecule has 7 nitrogen and oxygen atoms in total.